The van der Waals surface area contributed by atoms with Crippen LogP contribution in [0.15, 0.2) is 42.5 Å². The molecule has 1 amide bonds. The monoisotopic (exact) mass is 302 g/mol. The number of hydrogen-bond acceptors (Lipinski definition) is 2. The molecular weight excluding hydrogens is 284 g/mol. The van der Waals surface area contributed by atoms with Crippen LogP contribution in [0.5, 0.6) is 0 Å². The maximum absolute atomic E-state index is 11.9. The highest BCUT2D eigenvalue weighted by atomic mass is 35.5. The van der Waals surface area contributed by atoms with E-state index in [-0.39, 0.29) is 12.5 Å². The fraction of sp³-hybridized carbons (Fsp3) is 0.235. The third kappa shape index (κ3) is 4.88. The van der Waals surface area contributed by atoms with Crippen molar-refractivity contribution in [2.24, 2.45) is 0 Å². The first-order valence-corrected chi connectivity index (χ1v) is 7.24. The highest BCUT2D eigenvalue weighted by Crippen LogP contribution is 2.19. The number of amides is 1. The van der Waals surface area contributed by atoms with E-state index in [9.17, 15) is 4.79 Å². The Hall–Kier alpha value is -1.84. The molecule has 2 N–H and O–H groups in total. The van der Waals surface area contributed by atoms with E-state index in [1.165, 1.54) is 5.56 Å². The zero-order valence-electron chi connectivity index (χ0n) is 12.2. The SMILES string of the molecule is Cc1ccc(CNCC(=O)Nc2ccc(Cl)cc2C)cc1. The van der Waals surface area contributed by atoms with Crippen molar-refractivity contribution in [3.05, 3.63) is 64.2 Å². The summed E-state index contributed by atoms with van der Waals surface area (Å²) in [5, 5.41) is 6.68. The number of benzene rings is 2. The van der Waals surface area contributed by atoms with Gasteiger partial charge in [-0.3, -0.25) is 4.79 Å². The van der Waals surface area contributed by atoms with Gasteiger partial charge in [-0.1, -0.05) is 41.4 Å². The number of nitrogens with one attached hydrogen (secondary N) is 2. The van der Waals surface area contributed by atoms with Gasteiger partial charge in [0.1, 0.15) is 0 Å². The minimum absolute atomic E-state index is 0.0625. The van der Waals surface area contributed by atoms with E-state index in [2.05, 4.69) is 41.8 Å². The number of carbonyl (C=O) groups is 1. The lowest BCUT2D eigenvalue weighted by Crippen LogP contribution is -2.27. The molecule has 0 spiro atoms. The minimum Gasteiger partial charge on any atom is -0.325 e. The third-order valence-corrected chi connectivity index (χ3v) is 3.43. The van der Waals surface area contributed by atoms with Gasteiger partial charge in [-0.25, -0.2) is 0 Å². The smallest absolute Gasteiger partial charge is 0.238 e. The lowest BCUT2D eigenvalue weighted by Gasteiger charge is -2.09. The van der Waals surface area contributed by atoms with Gasteiger partial charge < -0.3 is 10.6 Å². The second-order valence-corrected chi connectivity index (χ2v) is 5.53. The number of rotatable bonds is 5. The molecule has 0 aromatic heterocycles. The van der Waals surface area contributed by atoms with Crippen molar-refractivity contribution in [2.45, 2.75) is 20.4 Å². The minimum atomic E-state index is -0.0625. The molecule has 0 bridgehead atoms. The van der Waals surface area contributed by atoms with Gasteiger partial charge in [-0.2, -0.15) is 0 Å². The second kappa shape index (κ2) is 7.25. The van der Waals surface area contributed by atoms with E-state index in [4.69, 9.17) is 11.6 Å². The molecule has 0 aliphatic carbocycles. The second-order valence-electron chi connectivity index (χ2n) is 5.10. The van der Waals surface area contributed by atoms with Crippen molar-refractivity contribution in [1.82, 2.24) is 5.32 Å². The van der Waals surface area contributed by atoms with E-state index < -0.39 is 0 Å². The van der Waals surface area contributed by atoms with E-state index in [1.54, 1.807) is 6.07 Å². The van der Waals surface area contributed by atoms with Crippen LogP contribution in [0.4, 0.5) is 5.69 Å². The van der Waals surface area contributed by atoms with Crippen LogP contribution in [0.3, 0.4) is 0 Å². The van der Waals surface area contributed by atoms with E-state index in [0.29, 0.717) is 11.6 Å². The van der Waals surface area contributed by atoms with Crippen molar-refractivity contribution >= 4 is 23.2 Å². The summed E-state index contributed by atoms with van der Waals surface area (Å²) in [6, 6.07) is 13.7. The maximum atomic E-state index is 11.9. The molecule has 0 radical (unpaired) electrons. The van der Waals surface area contributed by atoms with Crippen LogP contribution in [0.2, 0.25) is 5.02 Å². The Bertz CT molecular complexity index is 623. The molecule has 0 saturated carbocycles. The molecule has 2 aromatic carbocycles. The molecule has 110 valence electrons. The van der Waals surface area contributed by atoms with Crippen LogP contribution in [0.1, 0.15) is 16.7 Å². The van der Waals surface area contributed by atoms with E-state index >= 15 is 0 Å². The molecule has 0 saturated heterocycles. The highest BCUT2D eigenvalue weighted by Gasteiger charge is 2.04. The summed E-state index contributed by atoms with van der Waals surface area (Å²) >= 11 is 5.89. The molecular formula is C17H19ClN2O. The Balaban J connectivity index is 1.81. The van der Waals surface area contributed by atoms with E-state index in [0.717, 1.165) is 16.8 Å². The molecule has 0 heterocycles. The van der Waals surface area contributed by atoms with Crippen LogP contribution >= 0.6 is 11.6 Å². The molecule has 0 aliphatic rings. The molecule has 2 rings (SSSR count). The number of halogens is 1. The molecule has 4 heteroatoms. The Morgan fingerprint density at radius 2 is 1.81 bits per heavy atom. The summed E-state index contributed by atoms with van der Waals surface area (Å²) in [7, 11) is 0. The molecule has 0 unspecified atom stereocenters. The zero-order chi connectivity index (χ0) is 15.2. The van der Waals surface area contributed by atoms with Gasteiger partial charge in [0.25, 0.3) is 0 Å². The molecule has 0 aliphatic heterocycles. The van der Waals surface area contributed by atoms with Crippen molar-refractivity contribution in [2.75, 3.05) is 11.9 Å². The molecule has 2 aromatic rings. The van der Waals surface area contributed by atoms with Gasteiger partial charge in [0.15, 0.2) is 0 Å². The van der Waals surface area contributed by atoms with E-state index in [1.807, 2.05) is 19.1 Å². The number of hydrogen-bond donors (Lipinski definition) is 2. The van der Waals surface area contributed by atoms with Crippen LogP contribution < -0.4 is 10.6 Å². The van der Waals surface area contributed by atoms with Crippen LogP contribution in [0.25, 0.3) is 0 Å². The third-order valence-electron chi connectivity index (χ3n) is 3.20. The van der Waals surface area contributed by atoms with Crippen molar-refractivity contribution in [1.29, 1.82) is 0 Å². The fourth-order valence-corrected chi connectivity index (χ4v) is 2.21. The molecule has 0 atom stereocenters. The van der Waals surface area contributed by atoms with Crippen molar-refractivity contribution in [3.63, 3.8) is 0 Å². The van der Waals surface area contributed by atoms with Gasteiger partial charge in [-0.15, -0.1) is 0 Å². The normalized spacial score (nSPS) is 10.4. The number of aryl methyl sites for hydroxylation is 2. The number of carbonyl (C=O) groups excluding carboxylic acids is 1. The summed E-state index contributed by atoms with van der Waals surface area (Å²) in [6.45, 7) is 4.92. The average molecular weight is 303 g/mol. The summed E-state index contributed by atoms with van der Waals surface area (Å²) in [4.78, 5) is 11.9. The van der Waals surface area contributed by atoms with Gasteiger partial charge in [0, 0.05) is 17.3 Å². The van der Waals surface area contributed by atoms with Gasteiger partial charge >= 0.3 is 0 Å². The quantitative estimate of drug-likeness (QED) is 0.884. The first-order chi connectivity index (χ1) is 10.0. The van der Waals surface area contributed by atoms with Crippen LogP contribution in [-0.4, -0.2) is 12.5 Å². The van der Waals surface area contributed by atoms with Crippen molar-refractivity contribution < 1.29 is 4.79 Å². The topological polar surface area (TPSA) is 41.1 Å². The Labute approximate surface area is 130 Å². The van der Waals surface area contributed by atoms with Crippen molar-refractivity contribution in [3.8, 4) is 0 Å². The predicted molar refractivity (Wildman–Crippen MR) is 87.7 cm³/mol. The van der Waals surface area contributed by atoms with Crippen LogP contribution in [-0.2, 0) is 11.3 Å². The molecule has 0 fully saturated rings. The lowest BCUT2D eigenvalue weighted by atomic mass is 10.1. The maximum Gasteiger partial charge on any atom is 0.238 e. The largest absolute Gasteiger partial charge is 0.325 e. The molecule has 21 heavy (non-hydrogen) atoms. The Morgan fingerprint density at radius 3 is 2.48 bits per heavy atom. The first-order valence-electron chi connectivity index (χ1n) is 6.87. The highest BCUT2D eigenvalue weighted by molar-refractivity contribution is 6.30. The average Bonchev–Trinajstić information content (AvgIpc) is 2.44. The summed E-state index contributed by atoms with van der Waals surface area (Å²) in [5.41, 5.74) is 4.14. The van der Waals surface area contributed by atoms with Crippen LogP contribution in [0, 0.1) is 13.8 Å². The predicted octanol–water partition coefficient (Wildman–Crippen LogP) is 3.69. The molecule has 3 nitrogen and oxygen atoms in total. The lowest BCUT2D eigenvalue weighted by molar-refractivity contribution is -0.115. The van der Waals surface area contributed by atoms with Gasteiger partial charge in [-0.05, 0) is 43.2 Å². The first kappa shape index (κ1) is 15.5. The number of anilines is 1. The Kier molecular flexibility index (Phi) is 5.37. The van der Waals surface area contributed by atoms with Gasteiger partial charge in [0.2, 0.25) is 5.91 Å². The summed E-state index contributed by atoms with van der Waals surface area (Å²) in [6.07, 6.45) is 0. The van der Waals surface area contributed by atoms with Gasteiger partial charge in [0.05, 0.1) is 6.54 Å². The fourth-order valence-electron chi connectivity index (χ4n) is 1.99. The summed E-state index contributed by atoms with van der Waals surface area (Å²) in [5.74, 6) is -0.0625. The zero-order valence-corrected chi connectivity index (χ0v) is 13.0. The summed E-state index contributed by atoms with van der Waals surface area (Å²) < 4.78 is 0. The standard InChI is InChI=1S/C17H19ClN2O/c1-12-3-5-14(6-4-12)10-19-11-17(21)20-16-8-7-15(18)9-13(16)2/h3-9,19H,10-11H2,1-2H3,(H,20,21). The Morgan fingerprint density at radius 1 is 1.10 bits per heavy atom.